The highest BCUT2D eigenvalue weighted by atomic mass is 32.2. The van der Waals surface area contributed by atoms with Crippen LogP contribution in [0.25, 0.3) is 0 Å². The quantitative estimate of drug-likeness (QED) is 0.822. The molecule has 112 valence electrons. The van der Waals surface area contributed by atoms with E-state index in [0.717, 1.165) is 5.92 Å². The minimum Gasteiger partial charge on any atom is -0.371 e. The van der Waals surface area contributed by atoms with Crippen molar-refractivity contribution in [2.45, 2.75) is 50.5 Å². The van der Waals surface area contributed by atoms with E-state index in [1.165, 1.54) is 61.3 Å². The lowest BCUT2D eigenvalue weighted by Crippen LogP contribution is -2.26. The van der Waals surface area contributed by atoms with Gasteiger partial charge in [-0.3, -0.25) is 0 Å². The summed E-state index contributed by atoms with van der Waals surface area (Å²) in [5.74, 6) is 0.926. The van der Waals surface area contributed by atoms with E-state index in [1.807, 2.05) is 0 Å². The van der Waals surface area contributed by atoms with Gasteiger partial charge in [0.15, 0.2) is 0 Å². The molecule has 0 aliphatic carbocycles. The van der Waals surface area contributed by atoms with Gasteiger partial charge in [-0.05, 0) is 43.6 Å². The second-order valence-electron chi connectivity index (χ2n) is 5.73. The SMILES string of the molecule is CCCC1CCCN(c2cccc(SC)c2CN)CC1. The molecule has 1 aliphatic heterocycles. The first-order valence-electron chi connectivity index (χ1n) is 7.91. The number of hydrogen-bond donors (Lipinski definition) is 1. The van der Waals surface area contributed by atoms with Crippen LogP contribution in [-0.2, 0) is 6.54 Å². The van der Waals surface area contributed by atoms with Crippen molar-refractivity contribution in [3.63, 3.8) is 0 Å². The van der Waals surface area contributed by atoms with Crippen molar-refractivity contribution < 1.29 is 0 Å². The van der Waals surface area contributed by atoms with E-state index in [1.54, 1.807) is 11.8 Å². The molecule has 2 rings (SSSR count). The van der Waals surface area contributed by atoms with E-state index >= 15 is 0 Å². The molecule has 1 heterocycles. The third-order valence-corrected chi connectivity index (χ3v) is 5.24. The first kappa shape index (κ1) is 15.7. The summed E-state index contributed by atoms with van der Waals surface area (Å²) in [7, 11) is 0. The molecule has 0 aromatic heterocycles. The summed E-state index contributed by atoms with van der Waals surface area (Å²) < 4.78 is 0. The molecule has 1 unspecified atom stereocenters. The molecule has 2 N–H and O–H groups in total. The van der Waals surface area contributed by atoms with Crippen LogP contribution in [0, 0.1) is 5.92 Å². The molecule has 2 nitrogen and oxygen atoms in total. The van der Waals surface area contributed by atoms with E-state index in [4.69, 9.17) is 5.73 Å². The molecule has 1 fully saturated rings. The van der Waals surface area contributed by atoms with E-state index in [2.05, 4.69) is 36.3 Å². The lowest BCUT2D eigenvalue weighted by Gasteiger charge is -2.26. The Labute approximate surface area is 128 Å². The summed E-state index contributed by atoms with van der Waals surface area (Å²) in [6.07, 6.45) is 8.89. The van der Waals surface area contributed by atoms with Gasteiger partial charge >= 0.3 is 0 Å². The van der Waals surface area contributed by atoms with Crippen LogP contribution in [0.3, 0.4) is 0 Å². The van der Waals surface area contributed by atoms with Crippen LogP contribution in [-0.4, -0.2) is 19.3 Å². The topological polar surface area (TPSA) is 29.3 Å². The minimum absolute atomic E-state index is 0.640. The van der Waals surface area contributed by atoms with E-state index in [0.29, 0.717) is 6.54 Å². The van der Waals surface area contributed by atoms with Crippen molar-refractivity contribution in [2.24, 2.45) is 11.7 Å². The molecule has 3 heteroatoms. The molecule has 0 radical (unpaired) electrons. The highest BCUT2D eigenvalue weighted by Crippen LogP contribution is 2.32. The average molecular weight is 292 g/mol. The Morgan fingerprint density at radius 1 is 1.30 bits per heavy atom. The van der Waals surface area contributed by atoms with E-state index < -0.39 is 0 Å². The molecular weight excluding hydrogens is 264 g/mol. The van der Waals surface area contributed by atoms with Crippen LogP contribution in [0.4, 0.5) is 5.69 Å². The van der Waals surface area contributed by atoms with Crippen LogP contribution in [0.15, 0.2) is 23.1 Å². The number of anilines is 1. The van der Waals surface area contributed by atoms with Crippen LogP contribution in [0.2, 0.25) is 0 Å². The Kier molecular flexibility index (Phi) is 6.24. The van der Waals surface area contributed by atoms with Crippen molar-refractivity contribution in [1.82, 2.24) is 0 Å². The maximum Gasteiger partial charge on any atom is 0.0423 e. The highest BCUT2D eigenvalue weighted by molar-refractivity contribution is 7.98. The summed E-state index contributed by atoms with van der Waals surface area (Å²) >= 11 is 1.81. The summed E-state index contributed by atoms with van der Waals surface area (Å²) in [5, 5.41) is 0. The van der Waals surface area contributed by atoms with Gasteiger partial charge in [-0.15, -0.1) is 11.8 Å². The number of nitrogens with two attached hydrogens (primary N) is 1. The molecule has 0 saturated carbocycles. The molecule has 1 aromatic rings. The van der Waals surface area contributed by atoms with Gasteiger partial charge in [-0.1, -0.05) is 25.8 Å². The maximum atomic E-state index is 6.01. The first-order valence-corrected chi connectivity index (χ1v) is 9.13. The Balaban J connectivity index is 2.15. The normalized spacial score (nSPS) is 19.9. The standard InChI is InChI=1S/C17H28N2S/c1-3-6-14-7-5-11-19(12-10-14)16-8-4-9-17(20-2)15(16)13-18/h4,8-9,14H,3,5-7,10-13,18H2,1-2H3. The minimum atomic E-state index is 0.640. The summed E-state index contributed by atoms with van der Waals surface area (Å²) in [4.78, 5) is 3.90. The van der Waals surface area contributed by atoms with Crippen molar-refractivity contribution in [3.8, 4) is 0 Å². The van der Waals surface area contributed by atoms with Gasteiger partial charge in [-0.2, -0.15) is 0 Å². The van der Waals surface area contributed by atoms with Crippen LogP contribution in [0.5, 0.6) is 0 Å². The van der Waals surface area contributed by atoms with E-state index in [9.17, 15) is 0 Å². The van der Waals surface area contributed by atoms with Gasteiger partial charge in [0.2, 0.25) is 0 Å². The Morgan fingerprint density at radius 2 is 2.15 bits per heavy atom. The monoisotopic (exact) mass is 292 g/mol. The molecule has 0 bridgehead atoms. The lowest BCUT2D eigenvalue weighted by molar-refractivity contribution is 0.435. The van der Waals surface area contributed by atoms with Crippen molar-refractivity contribution >= 4 is 17.4 Å². The Hall–Kier alpha value is -0.670. The molecule has 1 saturated heterocycles. The molecule has 0 spiro atoms. The van der Waals surface area contributed by atoms with E-state index in [-0.39, 0.29) is 0 Å². The summed E-state index contributed by atoms with van der Waals surface area (Å²) in [6, 6.07) is 6.62. The lowest BCUT2D eigenvalue weighted by atomic mass is 9.96. The van der Waals surface area contributed by atoms with Gasteiger partial charge in [-0.25, -0.2) is 0 Å². The second-order valence-corrected chi connectivity index (χ2v) is 6.58. The van der Waals surface area contributed by atoms with Gasteiger partial charge in [0.25, 0.3) is 0 Å². The fraction of sp³-hybridized carbons (Fsp3) is 0.647. The van der Waals surface area contributed by atoms with Gasteiger partial charge in [0.05, 0.1) is 0 Å². The van der Waals surface area contributed by atoms with Gasteiger partial charge in [0.1, 0.15) is 0 Å². The molecule has 1 aliphatic rings. The molecule has 1 atom stereocenters. The molecule has 1 aromatic carbocycles. The zero-order valence-electron chi connectivity index (χ0n) is 12.9. The highest BCUT2D eigenvalue weighted by Gasteiger charge is 2.19. The summed E-state index contributed by atoms with van der Waals surface area (Å²) in [5.41, 5.74) is 8.71. The third kappa shape index (κ3) is 3.70. The number of nitrogens with zero attached hydrogens (tertiary/aromatic N) is 1. The maximum absolute atomic E-state index is 6.01. The molecule has 0 amide bonds. The van der Waals surface area contributed by atoms with Crippen LogP contribution in [0.1, 0.15) is 44.6 Å². The number of rotatable bonds is 5. The fourth-order valence-electron chi connectivity index (χ4n) is 3.35. The Bertz CT molecular complexity index is 419. The van der Waals surface area contributed by atoms with Crippen molar-refractivity contribution in [3.05, 3.63) is 23.8 Å². The van der Waals surface area contributed by atoms with Crippen LogP contribution < -0.4 is 10.6 Å². The first-order chi connectivity index (χ1) is 9.80. The van der Waals surface area contributed by atoms with Gasteiger partial charge < -0.3 is 10.6 Å². The molecule has 20 heavy (non-hydrogen) atoms. The fourth-order valence-corrected chi connectivity index (χ4v) is 4.00. The number of thioether (sulfide) groups is 1. The van der Waals surface area contributed by atoms with Gasteiger partial charge in [0, 0.05) is 35.8 Å². The number of benzene rings is 1. The van der Waals surface area contributed by atoms with Crippen LogP contribution >= 0.6 is 11.8 Å². The summed E-state index contributed by atoms with van der Waals surface area (Å²) in [6.45, 7) is 5.32. The predicted octanol–water partition coefficient (Wildman–Crippen LogP) is 4.27. The van der Waals surface area contributed by atoms with Crippen molar-refractivity contribution in [2.75, 3.05) is 24.2 Å². The average Bonchev–Trinajstić information content (AvgIpc) is 2.72. The zero-order chi connectivity index (χ0) is 14.4. The number of hydrogen-bond acceptors (Lipinski definition) is 3. The van der Waals surface area contributed by atoms with Crippen molar-refractivity contribution in [1.29, 1.82) is 0 Å². The molecular formula is C17H28N2S. The smallest absolute Gasteiger partial charge is 0.0423 e. The zero-order valence-corrected chi connectivity index (χ0v) is 13.7. The Morgan fingerprint density at radius 3 is 2.85 bits per heavy atom. The third-order valence-electron chi connectivity index (χ3n) is 4.42. The largest absolute Gasteiger partial charge is 0.371 e. The second kappa shape index (κ2) is 7.94. The predicted molar refractivity (Wildman–Crippen MR) is 90.6 cm³/mol.